The molecule has 4 rings (SSSR count). The highest BCUT2D eigenvalue weighted by molar-refractivity contribution is 6.07. The van der Waals surface area contributed by atoms with Gasteiger partial charge in [0.05, 0.1) is 12.7 Å². The van der Waals surface area contributed by atoms with Crippen LogP contribution in [-0.2, 0) is 7.05 Å². The van der Waals surface area contributed by atoms with E-state index in [0.717, 1.165) is 48.4 Å². The van der Waals surface area contributed by atoms with E-state index in [9.17, 15) is 4.79 Å². The lowest BCUT2D eigenvalue weighted by molar-refractivity contribution is 0.0748. The molecule has 0 spiro atoms. The highest BCUT2D eigenvalue weighted by atomic mass is 16.5. The number of fused-ring (bicyclic) bond motifs is 1. The Morgan fingerprint density at radius 2 is 1.65 bits per heavy atom. The van der Waals surface area contributed by atoms with Gasteiger partial charge in [-0.05, 0) is 30.3 Å². The highest BCUT2D eigenvalue weighted by Crippen LogP contribution is 2.24. The molecule has 1 fully saturated rings. The van der Waals surface area contributed by atoms with Gasteiger partial charge >= 0.3 is 0 Å². The van der Waals surface area contributed by atoms with Crippen molar-refractivity contribution in [1.82, 2.24) is 9.47 Å². The Hall–Kier alpha value is -2.95. The molecule has 26 heavy (non-hydrogen) atoms. The summed E-state index contributed by atoms with van der Waals surface area (Å²) < 4.78 is 7.24. The zero-order valence-electron chi connectivity index (χ0n) is 15.2. The number of piperazine rings is 1. The average Bonchev–Trinajstić information content (AvgIpc) is 3.05. The summed E-state index contributed by atoms with van der Waals surface area (Å²) in [5.41, 5.74) is 3.05. The van der Waals surface area contributed by atoms with Gasteiger partial charge in [0, 0.05) is 56.0 Å². The van der Waals surface area contributed by atoms with Crippen molar-refractivity contribution >= 4 is 22.5 Å². The lowest BCUT2D eigenvalue weighted by atomic mass is 10.1. The first-order chi connectivity index (χ1) is 12.7. The smallest absolute Gasteiger partial charge is 0.256 e. The third kappa shape index (κ3) is 2.90. The van der Waals surface area contributed by atoms with Crippen molar-refractivity contribution in [2.75, 3.05) is 38.2 Å². The summed E-state index contributed by atoms with van der Waals surface area (Å²) in [6.45, 7) is 3.13. The van der Waals surface area contributed by atoms with E-state index >= 15 is 0 Å². The maximum absolute atomic E-state index is 13.0. The molecule has 1 amide bonds. The topological polar surface area (TPSA) is 37.7 Å². The Labute approximate surface area is 153 Å². The van der Waals surface area contributed by atoms with Crippen molar-refractivity contribution < 1.29 is 9.53 Å². The van der Waals surface area contributed by atoms with Crippen LogP contribution in [-0.4, -0.2) is 48.7 Å². The summed E-state index contributed by atoms with van der Waals surface area (Å²) in [5.74, 6) is 0.981. The van der Waals surface area contributed by atoms with Crippen molar-refractivity contribution in [1.29, 1.82) is 0 Å². The van der Waals surface area contributed by atoms with Gasteiger partial charge in [0.1, 0.15) is 5.75 Å². The molecule has 1 aromatic heterocycles. The summed E-state index contributed by atoms with van der Waals surface area (Å²) in [6, 6.07) is 16.2. The molecule has 1 saturated heterocycles. The van der Waals surface area contributed by atoms with Gasteiger partial charge in [-0.15, -0.1) is 0 Å². The van der Waals surface area contributed by atoms with Crippen LogP contribution in [0, 0.1) is 0 Å². The predicted octanol–water partition coefficient (Wildman–Crippen LogP) is 3.15. The first kappa shape index (κ1) is 16.5. The normalized spacial score (nSPS) is 14.7. The van der Waals surface area contributed by atoms with Crippen LogP contribution in [0.1, 0.15) is 10.4 Å². The number of aromatic nitrogens is 1. The highest BCUT2D eigenvalue weighted by Gasteiger charge is 2.24. The Morgan fingerprint density at radius 1 is 0.962 bits per heavy atom. The van der Waals surface area contributed by atoms with Gasteiger partial charge in [0.15, 0.2) is 0 Å². The Kier molecular flexibility index (Phi) is 4.29. The number of nitrogens with zero attached hydrogens (tertiary/aromatic N) is 3. The monoisotopic (exact) mass is 349 g/mol. The van der Waals surface area contributed by atoms with E-state index in [2.05, 4.69) is 17.0 Å². The number of rotatable bonds is 3. The molecule has 0 bridgehead atoms. The van der Waals surface area contributed by atoms with Crippen molar-refractivity contribution in [2.45, 2.75) is 0 Å². The van der Waals surface area contributed by atoms with Gasteiger partial charge in [0.25, 0.3) is 5.91 Å². The van der Waals surface area contributed by atoms with Crippen LogP contribution >= 0.6 is 0 Å². The van der Waals surface area contributed by atoms with Crippen molar-refractivity contribution in [3.8, 4) is 5.75 Å². The number of hydrogen-bond acceptors (Lipinski definition) is 3. The van der Waals surface area contributed by atoms with Gasteiger partial charge in [0.2, 0.25) is 0 Å². The van der Waals surface area contributed by atoms with Gasteiger partial charge < -0.3 is 19.1 Å². The van der Waals surface area contributed by atoms with Crippen molar-refractivity contribution in [3.05, 3.63) is 60.3 Å². The molecule has 0 aliphatic carbocycles. The molecular weight excluding hydrogens is 326 g/mol. The molecular formula is C21H23N3O2. The van der Waals surface area contributed by atoms with Crippen molar-refractivity contribution in [2.24, 2.45) is 7.05 Å². The first-order valence-electron chi connectivity index (χ1n) is 8.90. The van der Waals surface area contributed by atoms with Crippen LogP contribution in [0.5, 0.6) is 5.75 Å². The second kappa shape index (κ2) is 6.75. The van der Waals surface area contributed by atoms with E-state index in [0.29, 0.717) is 0 Å². The average molecular weight is 349 g/mol. The first-order valence-corrected chi connectivity index (χ1v) is 8.90. The minimum Gasteiger partial charge on any atom is -0.497 e. The number of carbonyl (C=O) groups is 1. The van der Waals surface area contributed by atoms with Crippen molar-refractivity contribution in [3.63, 3.8) is 0 Å². The van der Waals surface area contributed by atoms with E-state index in [4.69, 9.17) is 4.74 Å². The Morgan fingerprint density at radius 3 is 2.35 bits per heavy atom. The number of ether oxygens (including phenoxy) is 1. The molecule has 2 aromatic carbocycles. The van der Waals surface area contributed by atoms with Gasteiger partial charge in [-0.25, -0.2) is 0 Å². The molecule has 0 saturated carbocycles. The van der Waals surface area contributed by atoms with E-state index < -0.39 is 0 Å². The molecule has 0 unspecified atom stereocenters. The zero-order chi connectivity index (χ0) is 18.1. The largest absolute Gasteiger partial charge is 0.497 e. The summed E-state index contributed by atoms with van der Waals surface area (Å²) in [7, 11) is 3.66. The summed E-state index contributed by atoms with van der Waals surface area (Å²) in [6.07, 6.45) is 1.95. The number of hydrogen-bond donors (Lipinski definition) is 0. The van der Waals surface area contributed by atoms with E-state index in [-0.39, 0.29) is 5.91 Å². The summed E-state index contributed by atoms with van der Waals surface area (Å²) in [4.78, 5) is 17.3. The number of benzene rings is 2. The zero-order valence-corrected chi connectivity index (χ0v) is 15.2. The maximum Gasteiger partial charge on any atom is 0.256 e. The summed E-state index contributed by atoms with van der Waals surface area (Å²) >= 11 is 0. The lowest BCUT2D eigenvalue weighted by Crippen LogP contribution is -2.48. The summed E-state index contributed by atoms with van der Waals surface area (Å²) in [5, 5.41) is 1.03. The van der Waals surface area contributed by atoms with E-state index in [1.165, 1.54) is 5.69 Å². The molecule has 0 N–H and O–H groups in total. The predicted molar refractivity (Wildman–Crippen MR) is 104 cm³/mol. The Bertz CT molecular complexity index is 922. The third-order valence-electron chi connectivity index (χ3n) is 5.13. The molecule has 5 heteroatoms. The fraction of sp³-hybridized carbons (Fsp3) is 0.286. The van der Waals surface area contributed by atoms with Crippen LogP contribution < -0.4 is 9.64 Å². The van der Waals surface area contributed by atoms with Gasteiger partial charge in [-0.3, -0.25) is 4.79 Å². The maximum atomic E-state index is 13.0. The SMILES string of the molecule is COc1ccc(N2CCN(C(=O)c3cn(C)c4ccccc34)CC2)cc1. The second-order valence-corrected chi connectivity index (χ2v) is 6.65. The molecule has 0 atom stereocenters. The molecule has 1 aliphatic rings. The standard InChI is InChI=1S/C21H23N3O2/c1-22-15-19(18-5-3-4-6-20(18)22)21(25)24-13-11-23(12-14-24)16-7-9-17(26-2)10-8-16/h3-10,15H,11-14H2,1-2H3. The number of methoxy groups -OCH3 is 1. The molecule has 1 aliphatic heterocycles. The van der Waals surface area contributed by atoms with E-state index in [1.54, 1.807) is 7.11 Å². The van der Waals surface area contributed by atoms with Gasteiger partial charge in [-0.1, -0.05) is 18.2 Å². The quantitative estimate of drug-likeness (QED) is 0.729. The number of para-hydroxylation sites is 1. The minimum atomic E-state index is 0.121. The Balaban J connectivity index is 1.47. The van der Waals surface area contributed by atoms with Crippen LogP contribution in [0.15, 0.2) is 54.7 Å². The van der Waals surface area contributed by atoms with E-state index in [1.807, 2.05) is 59.1 Å². The van der Waals surface area contributed by atoms with Crippen LogP contribution in [0.2, 0.25) is 0 Å². The number of amides is 1. The molecule has 5 nitrogen and oxygen atoms in total. The molecule has 0 radical (unpaired) electrons. The van der Waals surface area contributed by atoms with Crippen LogP contribution in [0.25, 0.3) is 10.9 Å². The fourth-order valence-electron chi connectivity index (χ4n) is 3.64. The van der Waals surface area contributed by atoms with Gasteiger partial charge in [-0.2, -0.15) is 0 Å². The van der Waals surface area contributed by atoms with Crippen LogP contribution in [0.4, 0.5) is 5.69 Å². The number of aryl methyl sites for hydroxylation is 1. The molecule has 3 aromatic rings. The second-order valence-electron chi connectivity index (χ2n) is 6.65. The third-order valence-corrected chi connectivity index (χ3v) is 5.13. The molecule has 134 valence electrons. The fourth-order valence-corrected chi connectivity index (χ4v) is 3.64. The number of carbonyl (C=O) groups excluding carboxylic acids is 1. The van der Waals surface area contributed by atoms with Crippen LogP contribution in [0.3, 0.4) is 0 Å². The number of anilines is 1. The molecule has 2 heterocycles. The lowest BCUT2D eigenvalue weighted by Gasteiger charge is -2.36. The minimum absolute atomic E-state index is 0.121.